The molecule has 36 heavy (non-hydrogen) atoms. The molecule has 0 bridgehead atoms. The van der Waals surface area contributed by atoms with Gasteiger partial charge in [-0.2, -0.15) is 13.9 Å². The van der Waals surface area contributed by atoms with Crippen molar-refractivity contribution in [2.75, 3.05) is 0 Å². The molecule has 0 saturated heterocycles. The summed E-state index contributed by atoms with van der Waals surface area (Å²) in [6, 6.07) is 15.7. The molecule has 1 aromatic heterocycles. The fourth-order valence-corrected chi connectivity index (χ4v) is 3.70. The molecule has 0 aliphatic carbocycles. The molecule has 0 saturated carbocycles. The molecular weight excluding hydrogens is 468 g/mol. The van der Waals surface area contributed by atoms with E-state index in [1.165, 1.54) is 12.4 Å². The van der Waals surface area contributed by atoms with Gasteiger partial charge in [0.15, 0.2) is 5.54 Å². The average Bonchev–Trinajstić information content (AvgIpc) is 3.33. The number of benzene rings is 2. The maximum absolute atomic E-state index is 13.4. The molecular formula is C27H29F2N3O4. The standard InChI is InChI=1S/C27H29F2N3O4/c1-18(2)14-27(24(33)36-19(3)4,31-26(34)35-17-20-8-6-5-7-9-20)23-12-10-21(11-13-23)22-15-30-32(16-22)25(28)29/h5-13,15-16,19,25H,1,14,17H2,2-4H3,(H,31,34)/t27-/m1/s1. The highest BCUT2D eigenvalue weighted by Crippen LogP contribution is 2.33. The van der Waals surface area contributed by atoms with Gasteiger partial charge < -0.3 is 14.8 Å². The monoisotopic (exact) mass is 497 g/mol. The number of alkyl halides is 2. The first-order chi connectivity index (χ1) is 17.1. The smallest absolute Gasteiger partial charge is 0.408 e. The Hall–Kier alpha value is -4.01. The number of aromatic nitrogens is 2. The molecule has 1 amide bonds. The van der Waals surface area contributed by atoms with E-state index < -0.39 is 30.3 Å². The number of amides is 1. The lowest BCUT2D eigenvalue weighted by atomic mass is 9.83. The Morgan fingerprint density at radius 3 is 2.31 bits per heavy atom. The van der Waals surface area contributed by atoms with E-state index in [9.17, 15) is 18.4 Å². The summed E-state index contributed by atoms with van der Waals surface area (Å²) in [7, 11) is 0. The van der Waals surface area contributed by atoms with Crippen LogP contribution in [0, 0.1) is 0 Å². The van der Waals surface area contributed by atoms with Gasteiger partial charge in [-0.15, -0.1) is 6.58 Å². The second-order valence-corrected chi connectivity index (χ2v) is 8.74. The van der Waals surface area contributed by atoms with Crippen molar-refractivity contribution in [3.8, 4) is 11.1 Å². The highest BCUT2D eigenvalue weighted by atomic mass is 19.3. The van der Waals surface area contributed by atoms with Gasteiger partial charge in [0.1, 0.15) is 6.61 Å². The van der Waals surface area contributed by atoms with Gasteiger partial charge in [-0.1, -0.05) is 60.2 Å². The molecule has 1 atom stereocenters. The Morgan fingerprint density at radius 2 is 1.75 bits per heavy atom. The summed E-state index contributed by atoms with van der Waals surface area (Å²) in [6.07, 6.45) is 1.37. The molecule has 0 spiro atoms. The van der Waals surface area contributed by atoms with Gasteiger partial charge in [-0.3, -0.25) is 0 Å². The van der Waals surface area contributed by atoms with Crippen LogP contribution in [0.3, 0.4) is 0 Å². The summed E-state index contributed by atoms with van der Waals surface area (Å²) >= 11 is 0. The third-order valence-electron chi connectivity index (χ3n) is 5.30. The minimum atomic E-state index is -2.75. The van der Waals surface area contributed by atoms with Crippen LogP contribution in [0.1, 0.15) is 44.9 Å². The van der Waals surface area contributed by atoms with E-state index in [0.29, 0.717) is 26.9 Å². The highest BCUT2D eigenvalue weighted by molar-refractivity contribution is 5.88. The summed E-state index contributed by atoms with van der Waals surface area (Å²) in [5.41, 5.74) is 1.32. The van der Waals surface area contributed by atoms with Crippen molar-refractivity contribution in [3.05, 3.63) is 90.3 Å². The number of nitrogens with zero attached hydrogens (tertiary/aromatic N) is 2. The fourth-order valence-electron chi connectivity index (χ4n) is 3.70. The van der Waals surface area contributed by atoms with Gasteiger partial charge in [-0.25, -0.2) is 14.3 Å². The van der Waals surface area contributed by atoms with E-state index in [2.05, 4.69) is 17.0 Å². The van der Waals surface area contributed by atoms with Gasteiger partial charge >= 0.3 is 18.6 Å². The first-order valence-electron chi connectivity index (χ1n) is 11.4. The van der Waals surface area contributed by atoms with Crippen LogP contribution in [0.2, 0.25) is 0 Å². The zero-order chi connectivity index (χ0) is 26.3. The lowest BCUT2D eigenvalue weighted by Crippen LogP contribution is -2.53. The third kappa shape index (κ3) is 6.56. The van der Waals surface area contributed by atoms with Crippen LogP contribution in [0.5, 0.6) is 0 Å². The van der Waals surface area contributed by atoms with Gasteiger partial charge in [0.25, 0.3) is 0 Å². The summed E-state index contributed by atoms with van der Waals surface area (Å²) in [4.78, 5) is 26.3. The van der Waals surface area contributed by atoms with Gasteiger partial charge in [0.2, 0.25) is 0 Å². The number of hydrogen-bond acceptors (Lipinski definition) is 5. The quantitative estimate of drug-likeness (QED) is 0.275. The molecule has 0 aliphatic heterocycles. The van der Waals surface area contributed by atoms with E-state index >= 15 is 0 Å². The Labute approximate surface area is 208 Å². The fraction of sp³-hybridized carbons (Fsp3) is 0.296. The molecule has 1 N–H and O–H groups in total. The summed E-state index contributed by atoms with van der Waals surface area (Å²) in [5, 5.41) is 6.38. The largest absolute Gasteiger partial charge is 0.461 e. The van der Waals surface area contributed by atoms with Crippen molar-refractivity contribution < 1.29 is 27.8 Å². The Balaban J connectivity index is 1.94. The predicted octanol–water partition coefficient (Wildman–Crippen LogP) is 5.98. The average molecular weight is 498 g/mol. The molecule has 3 rings (SSSR count). The maximum atomic E-state index is 13.4. The molecule has 0 unspecified atom stereocenters. The van der Waals surface area contributed by atoms with Crippen LogP contribution in [-0.4, -0.2) is 27.9 Å². The SMILES string of the molecule is C=C(C)C[C@](NC(=O)OCc1ccccc1)(C(=O)OC(C)C)c1ccc(-c2cnn(C(F)F)c2)cc1. The van der Waals surface area contributed by atoms with E-state index in [-0.39, 0.29) is 13.0 Å². The van der Waals surface area contributed by atoms with Crippen LogP contribution in [0.25, 0.3) is 11.1 Å². The first-order valence-corrected chi connectivity index (χ1v) is 11.4. The summed E-state index contributed by atoms with van der Waals surface area (Å²) in [5.74, 6) is -0.671. The highest BCUT2D eigenvalue weighted by Gasteiger charge is 2.44. The lowest BCUT2D eigenvalue weighted by Gasteiger charge is -2.33. The van der Waals surface area contributed by atoms with E-state index in [0.717, 1.165) is 5.56 Å². The number of carbonyl (C=O) groups excluding carboxylic acids is 2. The molecule has 7 nitrogen and oxygen atoms in total. The Morgan fingerprint density at radius 1 is 1.08 bits per heavy atom. The van der Waals surface area contributed by atoms with Gasteiger partial charge in [0, 0.05) is 18.2 Å². The topological polar surface area (TPSA) is 82.4 Å². The number of halogens is 2. The number of rotatable bonds is 10. The maximum Gasteiger partial charge on any atom is 0.408 e. The number of carbonyl (C=O) groups is 2. The van der Waals surface area contributed by atoms with Crippen LogP contribution >= 0.6 is 0 Å². The lowest BCUT2D eigenvalue weighted by molar-refractivity contribution is -0.156. The zero-order valence-corrected chi connectivity index (χ0v) is 20.4. The number of nitrogens with one attached hydrogen (secondary N) is 1. The Kier molecular flexibility index (Phi) is 8.58. The molecule has 190 valence electrons. The number of ether oxygens (including phenoxy) is 2. The third-order valence-corrected chi connectivity index (χ3v) is 5.30. The van der Waals surface area contributed by atoms with Crippen LogP contribution < -0.4 is 5.32 Å². The number of esters is 1. The van der Waals surface area contributed by atoms with Crippen LogP contribution in [0.4, 0.5) is 13.6 Å². The van der Waals surface area contributed by atoms with Gasteiger partial charge in [-0.05, 0) is 37.5 Å². The van der Waals surface area contributed by atoms with Crippen molar-refractivity contribution in [1.29, 1.82) is 0 Å². The normalized spacial score (nSPS) is 12.8. The molecule has 1 heterocycles. The van der Waals surface area contributed by atoms with Crippen molar-refractivity contribution in [3.63, 3.8) is 0 Å². The second-order valence-electron chi connectivity index (χ2n) is 8.74. The first kappa shape index (κ1) is 26.6. The van der Waals surface area contributed by atoms with E-state index in [1.54, 1.807) is 45.0 Å². The van der Waals surface area contributed by atoms with Crippen molar-refractivity contribution in [1.82, 2.24) is 15.1 Å². The summed E-state index contributed by atoms with van der Waals surface area (Å²) in [6.45, 7) is 6.35. The van der Waals surface area contributed by atoms with Crippen LogP contribution in [0.15, 0.2) is 79.1 Å². The van der Waals surface area contributed by atoms with Crippen LogP contribution in [-0.2, 0) is 26.4 Å². The molecule has 0 radical (unpaired) electrons. The number of hydrogen-bond donors (Lipinski definition) is 1. The second kappa shape index (κ2) is 11.6. The van der Waals surface area contributed by atoms with Gasteiger partial charge in [0.05, 0.1) is 12.3 Å². The molecule has 9 heteroatoms. The van der Waals surface area contributed by atoms with E-state index in [4.69, 9.17) is 9.47 Å². The Bertz CT molecular complexity index is 1190. The minimum Gasteiger partial charge on any atom is -0.461 e. The summed E-state index contributed by atoms with van der Waals surface area (Å²) < 4.78 is 37.3. The molecule has 0 fully saturated rings. The minimum absolute atomic E-state index is 0.0160. The predicted molar refractivity (Wildman–Crippen MR) is 131 cm³/mol. The molecule has 2 aromatic carbocycles. The van der Waals surface area contributed by atoms with Crippen molar-refractivity contribution in [2.45, 2.75) is 52.0 Å². The zero-order valence-electron chi connectivity index (χ0n) is 20.4. The van der Waals surface area contributed by atoms with Crippen molar-refractivity contribution >= 4 is 12.1 Å². The van der Waals surface area contributed by atoms with E-state index in [1.807, 2.05) is 30.3 Å². The molecule has 3 aromatic rings. The molecule has 0 aliphatic rings. The number of alkyl carbamates (subject to hydrolysis) is 1. The van der Waals surface area contributed by atoms with Crippen molar-refractivity contribution in [2.24, 2.45) is 0 Å².